The number of hydrogen-bond donors (Lipinski definition) is 3. The second-order valence-corrected chi connectivity index (χ2v) is 4.75. The number of aromatic nitrogens is 2. The zero-order valence-corrected chi connectivity index (χ0v) is 11.1. The predicted molar refractivity (Wildman–Crippen MR) is 71.0 cm³/mol. The summed E-state index contributed by atoms with van der Waals surface area (Å²) in [5.74, 6) is -1.75. The van der Waals surface area contributed by atoms with Gasteiger partial charge in [0.05, 0.1) is 5.01 Å². The average Bonchev–Trinajstić information content (AvgIpc) is 2.88. The lowest BCUT2D eigenvalue weighted by atomic mass is 10.3. The summed E-state index contributed by atoms with van der Waals surface area (Å²) in [6, 6.07) is 2.90. The van der Waals surface area contributed by atoms with Gasteiger partial charge in [0.1, 0.15) is 5.75 Å². The van der Waals surface area contributed by atoms with Crippen molar-refractivity contribution < 1.29 is 19.8 Å². The molecule has 0 bridgehead atoms. The largest absolute Gasteiger partial charge is 0.505 e. The standard InChI is InChI=1S/C12H11N3O4S/c16-8-2-1-4-13-10(8)11(17)14-5-3-9-15-7(6-20-9)12(18)19/h1-2,4,6,16H,3,5H2,(H,14,17)(H,18,19). The molecule has 0 saturated heterocycles. The molecule has 20 heavy (non-hydrogen) atoms. The minimum Gasteiger partial charge on any atom is -0.505 e. The van der Waals surface area contributed by atoms with Gasteiger partial charge in [0.25, 0.3) is 5.91 Å². The third-order valence-electron chi connectivity index (χ3n) is 2.40. The molecule has 1 amide bonds. The molecule has 8 heteroatoms. The maximum absolute atomic E-state index is 11.7. The van der Waals surface area contributed by atoms with Crippen LogP contribution in [0, 0.1) is 0 Å². The van der Waals surface area contributed by atoms with Gasteiger partial charge in [0.2, 0.25) is 0 Å². The van der Waals surface area contributed by atoms with Crippen LogP contribution in [0.1, 0.15) is 26.0 Å². The molecule has 0 unspecified atom stereocenters. The minimum atomic E-state index is -1.07. The smallest absolute Gasteiger partial charge is 0.355 e. The number of carboxylic acid groups (broad SMARTS) is 1. The van der Waals surface area contributed by atoms with Crippen LogP contribution in [0.4, 0.5) is 0 Å². The highest BCUT2D eigenvalue weighted by atomic mass is 32.1. The van der Waals surface area contributed by atoms with Crippen LogP contribution in [-0.2, 0) is 6.42 Å². The third kappa shape index (κ3) is 3.29. The molecule has 0 aliphatic heterocycles. The van der Waals surface area contributed by atoms with Gasteiger partial charge in [-0.05, 0) is 12.1 Å². The van der Waals surface area contributed by atoms with Crippen LogP contribution in [-0.4, -0.2) is 38.6 Å². The fourth-order valence-corrected chi connectivity index (χ4v) is 2.23. The highest BCUT2D eigenvalue weighted by Crippen LogP contribution is 2.12. The number of carboxylic acids is 1. The Morgan fingerprint density at radius 1 is 1.40 bits per heavy atom. The Hall–Kier alpha value is -2.48. The lowest BCUT2D eigenvalue weighted by Crippen LogP contribution is -2.26. The Bertz CT molecular complexity index is 641. The average molecular weight is 293 g/mol. The highest BCUT2D eigenvalue weighted by molar-refractivity contribution is 7.09. The van der Waals surface area contributed by atoms with Gasteiger partial charge in [-0.1, -0.05) is 0 Å². The number of nitrogens with one attached hydrogen (secondary N) is 1. The van der Waals surface area contributed by atoms with Gasteiger partial charge in [-0.3, -0.25) is 4.79 Å². The van der Waals surface area contributed by atoms with Crippen molar-refractivity contribution in [3.05, 3.63) is 40.1 Å². The number of nitrogens with zero attached hydrogens (tertiary/aromatic N) is 2. The lowest BCUT2D eigenvalue weighted by Gasteiger charge is -2.04. The molecule has 2 aromatic heterocycles. The van der Waals surface area contributed by atoms with Gasteiger partial charge in [-0.25, -0.2) is 14.8 Å². The Balaban J connectivity index is 1.88. The zero-order chi connectivity index (χ0) is 14.5. The van der Waals surface area contributed by atoms with E-state index in [0.717, 1.165) is 0 Å². The quantitative estimate of drug-likeness (QED) is 0.755. The van der Waals surface area contributed by atoms with Crippen molar-refractivity contribution in [1.29, 1.82) is 0 Å². The van der Waals surface area contributed by atoms with E-state index >= 15 is 0 Å². The first kappa shape index (κ1) is 13.9. The van der Waals surface area contributed by atoms with Crippen LogP contribution >= 0.6 is 11.3 Å². The summed E-state index contributed by atoms with van der Waals surface area (Å²) in [5, 5.41) is 22.8. The Morgan fingerprint density at radius 3 is 2.85 bits per heavy atom. The van der Waals surface area contributed by atoms with Gasteiger partial charge in [-0.15, -0.1) is 11.3 Å². The molecule has 3 N–H and O–H groups in total. The summed E-state index contributed by atoms with van der Waals surface area (Å²) in [6.07, 6.45) is 1.83. The summed E-state index contributed by atoms with van der Waals surface area (Å²) < 4.78 is 0. The van der Waals surface area contributed by atoms with Gasteiger partial charge in [0.15, 0.2) is 11.4 Å². The van der Waals surface area contributed by atoms with Gasteiger partial charge in [-0.2, -0.15) is 0 Å². The zero-order valence-electron chi connectivity index (χ0n) is 10.2. The maximum atomic E-state index is 11.7. The molecule has 2 heterocycles. The topological polar surface area (TPSA) is 112 Å². The molecule has 104 valence electrons. The van der Waals surface area contributed by atoms with E-state index in [-0.39, 0.29) is 23.7 Å². The van der Waals surface area contributed by atoms with Crippen molar-refractivity contribution in [2.75, 3.05) is 6.54 Å². The van der Waals surface area contributed by atoms with Gasteiger partial charge < -0.3 is 15.5 Å². The molecule has 0 fully saturated rings. The van der Waals surface area contributed by atoms with E-state index in [1.807, 2.05) is 0 Å². The van der Waals surface area contributed by atoms with Crippen LogP contribution < -0.4 is 5.32 Å². The monoisotopic (exact) mass is 293 g/mol. The molecule has 0 aliphatic carbocycles. The van der Waals surface area contributed by atoms with Crippen molar-refractivity contribution in [3.63, 3.8) is 0 Å². The number of thiazole rings is 1. The van der Waals surface area contributed by atoms with Crippen LogP contribution in [0.5, 0.6) is 5.75 Å². The summed E-state index contributed by atoms with van der Waals surface area (Å²) in [4.78, 5) is 30.1. The fourth-order valence-electron chi connectivity index (χ4n) is 1.46. The summed E-state index contributed by atoms with van der Waals surface area (Å²) in [6.45, 7) is 0.279. The van der Waals surface area contributed by atoms with Crippen LogP contribution in [0.15, 0.2) is 23.7 Å². The first-order chi connectivity index (χ1) is 9.58. The Kier molecular flexibility index (Phi) is 4.26. The number of hydrogen-bond acceptors (Lipinski definition) is 6. The normalized spacial score (nSPS) is 10.2. The molecule has 0 aliphatic rings. The molecule has 0 spiro atoms. The number of pyridine rings is 1. The van der Waals surface area contributed by atoms with Gasteiger partial charge in [0, 0.05) is 24.5 Å². The van der Waals surface area contributed by atoms with E-state index < -0.39 is 11.9 Å². The van der Waals surface area contributed by atoms with Crippen molar-refractivity contribution in [3.8, 4) is 5.75 Å². The van der Waals surface area contributed by atoms with E-state index in [1.165, 1.54) is 35.0 Å². The molecular formula is C12H11N3O4S. The van der Waals surface area contributed by atoms with Crippen LogP contribution in [0.3, 0.4) is 0 Å². The van der Waals surface area contributed by atoms with Crippen molar-refractivity contribution in [1.82, 2.24) is 15.3 Å². The number of carbonyl (C=O) groups is 2. The van der Waals surface area contributed by atoms with Crippen molar-refractivity contribution >= 4 is 23.2 Å². The fraction of sp³-hybridized carbons (Fsp3) is 0.167. The third-order valence-corrected chi connectivity index (χ3v) is 3.31. The first-order valence-corrected chi connectivity index (χ1v) is 6.56. The van der Waals surface area contributed by atoms with Crippen LogP contribution in [0.2, 0.25) is 0 Å². The number of aromatic carboxylic acids is 1. The minimum absolute atomic E-state index is 0.00121. The summed E-state index contributed by atoms with van der Waals surface area (Å²) >= 11 is 1.22. The van der Waals surface area contributed by atoms with Crippen LogP contribution in [0.25, 0.3) is 0 Å². The Morgan fingerprint density at radius 2 is 2.20 bits per heavy atom. The summed E-state index contributed by atoms with van der Waals surface area (Å²) in [5.41, 5.74) is -0.0449. The number of amides is 1. The molecule has 0 radical (unpaired) electrons. The van der Waals surface area contributed by atoms with Crippen molar-refractivity contribution in [2.45, 2.75) is 6.42 Å². The van der Waals surface area contributed by atoms with Gasteiger partial charge >= 0.3 is 5.97 Å². The number of carbonyl (C=O) groups excluding carboxylic acids is 1. The number of rotatable bonds is 5. The maximum Gasteiger partial charge on any atom is 0.355 e. The second-order valence-electron chi connectivity index (χ2n) is 3.81. The lowest BCUT2D eigenvalue weighted by molar-refractivity contribution is 0.0690. The first-order valence-electron chi connectivity index (χ1n) is 5.68. The molecule has 0 saturated carbocycles. The molecular weight excluding hydrogens is 282 g/mol. The molecule has 7 nitrogen and oxygen atoms in total. The van der Waals surface area contributed by atoms with Crippen molar-refractivity contribution in [2.24, 2.45) is 0 Å². The molecule has 2 rings (SSSR count). The highest BCUT2D eigenvalue weighted by Gasteiger charge is 2.12. The van der Waals surface area contributed by atoms with E-state index in [0.29, 0.717) is 11.4 Å². The summed E-state index contributed by atoms with van der Waals surface area (Å²) in [7, 11) is 0. The van der Waals surface area contributed by atoms with E-state index in [1.54, 1.807) is 0 Å². The second kappa shape index (κ2) is 6.11. The van der Waals surface area contributed by atoms with E-state index in [4.69, 9.17) is 5.11 Å². The molecule has 2 aromatic rings. The predicted octanol–water partition coefficient (Wildman–Crippen LogP) is 0.914. The Labute approximate surface area is 117 Å². The number of aromatic hydroxyl groups is 1. The SMILES string of the molecule is O=C(O)c1csc(CCNC(=O)c2ncccc2O)n1. The van der Waals surface area contributed by atoms with E-state index in [2.05, 4.69) is 15.3 Å². The van der Waals surface area contributed by atoms with E-state index in [9.17, 15) is 14.7 Å². The molecule has 0 atom stereocenters. The molecule has 0 aromatic carbocycles.